The van der Waals surface area contributed by atoms with E-state index in [1.54, 1.807) is 11.1 Å². The number of hydrogen-bond acceptors (Lipinski definition) is 0. The van der Waals surface area contributed by atoms with Crippen molar-refractivity contribution in [1.82, 2.24) is 0 Å². The number of fused-ring (bicyclic) bond motifs is 6. The fraction of sp³-hybridized carbons (Fsp3) is 0.400. The fourth-order valence-corrected chi connectivity index (χ4v) is 20.0. The predicted molar refractivity (Wildman–Crippen MR) is 185 cm³/mol. The SMILES string of the molecule is CCCC[Si]1(C2c3[c-]cccc3-c3ccccc32)CCC1.CCCC[Si]1(C2c3[c-]cccc3-c3ccccc32)CCC1.[Cl-].[Cl-].[Zr+4]. The summed E-state index contributed by atoms with van der Waals surface area (Å²) in [4.78, 5) is 0. The Balaban J connectivity index is 0.000000192. The van der Waals surface area contributed by atoms with Gasteiger partial charge in [0.15, 0.2) is 0 Å². The molecular weight excluding hydrogens is 699 g/mol. The van der Waals surface area contributed by atoms with Crippen LogP contribution in [0.1, 0.15) is 85.7 Å². The summed E-state index contributed by atoms with van der Waals surface area (Å²) in [5, 5.41) is 0. The summed E-state index contributed by atoms with van der Waals surface area (Å²) >= 11 is 0. The minimum atomic E-state index is -1.16. The Bertz CT molecular complexity index is 1350. The second-order valence-corrected chi connectivity index (χ2v) is 23.3. The van der Waals surface area contributed by atoms with Crippen LogP contribution in [0.5, 0.6) is 0 Å². The number of benzene rings is 4. The van der Waals surface area contributed by atoms with Gasteiger partial charge in [0.2, 0.25) is 0 Å². The van der Waals surface area contributed by atoms with Gasteiger partial charge in [-0.3, -0.25) is 0 Å². The van der Waals surface area contributed by atoms with Crippen LogP contribution >= 0.6 is 0 Å². The zero-order chi connectivity index (χ0) is 28.6. The van der Waals surface area contributed by atoms with E-state index < -0.39 is 16.1 Å². The number of rotatable bonds is 8. The van der Waals surface area contributed by atoms with E-state index in [1.165, 1.54) is 108 Å². The quantitative estimate of drug-likeness (QED) is 0.163. The van der Waals surface area contributed by atoms with E-state index in [1.807, 2.05) is 0 Å². The molecular formula is C40H46Cl2Si2Zr. The second kappa shape index (κ2) is 15.8. The van der Waals surface area contributed by atoms with E-state index in [0.29, 0.717) is 0 Å². The predicted octanol–water partition coefficient (Wildman–Crippen LogP) is 5.59. The van der Waals surface area contributed by atoms with Crippen LogP contribution in [0.2, 0.25) is 36.3 Å². The van der Waals surface area contributed by atoms with Crippen LogP contribution in [0, 0.1) is 12.1 Å². The van der Waals surface area contributed by atoms with Crippen LogP contribution in [-0.4, -0.2) is 16.1 Å². The maximum Gasteiger partial charge on any atom is 4.00 e. The maximum atomic E-state index is 3.63. The first-order valence-electron chi connectivity index (χ1n) is 16.9. The van der Waals surface area contributed by atoms with E-state index >= 15 is 0 Å². The Morgan fingerprint density at radius 1 is 0.556 bits per heavy atom. The van der Waals surface area contributed by atoms with Crippen LogP contribution in [0.3, 0.4) is 0 Å². The molecule has 4 aliphatic rings. The van der Waals surface area contributed by atoms with Crippen LogP contribution in [0.15, 0.2) is 84.9 Å². The molecule has 4 aromatic rings. The van der Waals surface area contributed by atoms with E-state index in [9.17, 15) is 0 Å². The van der Waals surface area contributed by atoms with Crippen LogP contribution < -0.4 is 24.8 Å². The van der Waals surface area contributed by atoms with Gasteiger partial charge in [-0.25, -0.2) is 0 Å². The van der Waals surface area contributed by atoms with E-state index in [-0.39, 0.29) is 51.0 Å². The van der Waals surface area contributed by atoms with Crippen molar-refractivity contribution in [2.75, 3.05) is 0 Å². The van der Waals surface area contributed by atoms with E-state index in [2.05, 4.69) is 111 Å². The zero-order valence-electron chi connectivity index (χ0n) is 27.0. The molecule has 2 aliphatic heterocycles. The molecule has 45 heavy (non-hydrogen) atoms. The van der Waals surface area contributed by atoms with Crippen LogP contribution in [0.25, 0.3) is 22.3 Å². The van der Waals surface area contributed by atoms with Gasteiger partial charge in [0.25, 0.3) is 0 Å². The Labute approximate surface area is 306 Å². The first-order chi connectivity index (χ1) is 20.7. The minimum Gasteiger partial charge on any atom is -1.00 e. The number of halogens is 2. The van der Waals surface area contributed by atoms with Gasteiger partial charge in [0.1, 0.15) is 0 Å². The molecule has 2 unspecified atom stereocenters. The summed E-state index contributed by atoms with van der Waals surface area (Å²) in [6.45, 7) is 4.67. The molecule has 8 rings (SSSR count). The largest absolute Gasteiger partial charge is 4.00 e. The van der Waals surface area contributed by atoms with Crippen molar-refractivity contribution in [1.29, 1.82) is 0 Å². The van der Waals surface area contributed by atoms with Gasteiger partial charge >= 0.3 is 26.2 Å². The Morgan fingerprint density at radius 2 is 0.933 bits per heavy atom. The topological polar surface area (TPSA) is 0 Å². The Morgan fingerprint density at radius 3 is 1.29 bits per heavy atom. The molecule has 2 fully saturated rings. The molecule has 2 aliphatic carbocycles. The normalized spacial score (nSPS) is 20.0. The van der Waals surface area contributed by atoms with E-state index in [0.717, 1.165) is 11.1 Å². The fourth-order valence-electron chi connectivity index (χ4n) is 9.10. The van der Waals surface area contributed by atoms with Crippen molar-refractivity contribution in [3.8, 4) is 22.3 Å². The minimum absolute atomic E-state index is 0. The number of hydrogen-bond donors (Lipinski definition) is 0. The molecule has 4 aromatic carbocycles. The number of unbranched alkanes of at least 4 members (excludes halogenated alkanes) is 2. The molecule has 2 atom stereocenters. The summed E-state index contributed by atoms with van der Waals surface area (Å²) in [7, 11) is -2.33. The van der Waals surface area contributed by atoms with Gasteiger partial charge in [0.05, 0.1) is 16.1 Å². The van der Waals surface area contributed by atoms with Gasteiger partial charge in [-0.2, -0.15) is 48.5 Å². The van der Waals surface area contributed by atoms with Crippen molar-refractivity contribution < 1.29 is 51.0 Å². The van der Waals surface area contributed by atoms with Crippen LogP contribution in [-0.2, 0) is 26.2 Å². The first kappa shape index (κ1) is 36.6. The standard InChI is InChI=1S/2C20H23Si.2ClH.Zr/c2*1-2-3-13-21(14-8-15-21)20-18-11-6-4-9-16(18)17-10-5-7-12-19(17)20;;;/h2*4-7,9-11,20H,2-3,8,13-15H2,1H3;2*1H;/q2*-1;;;+4/p-2. The van der Waals surface area contributed by atoms with Crippen molar-refractivity contribution in [2.45, 2.75) is 99.7 Å². The smallest absolute Gasteiger partial charge is 1.00 e. The average Bonchev–Trinajstić information content (AvgIpc) is 3.51. The second-order valence-electron chi connectivity index (χ2n) is 13.7. The first-order valence-corrected chi connectivity index (χ1v) is 22.3. The van der Waals surface area contributed by atoms with Gasteiger partial charge in [-0.05, 0) is 22.2 Å². The molecule has 0 amide bonds. The summed E-state index contributed by atoms with van der Waals surface area (Å²) in [6, 6.07) is 47.9. The van der Waals surface area contributed by atoms with Gasteiger partial charge in [-0.15, -0.1) is 22.3 Å². The summed E-state index contributed by atoms with van der Waals surface area (Å²) < 4.78 is 0. The summed E-state index contributed by atoms with van der Waals surface area (Å²) in [6.07, 6.45) is 8.47. The third-order valence-electron chi connectivity index (χ3n) is 11.5. The van der Waals surface area contributed by atoms with Gasteiger partial charge in [0, 0.05) is 0 Å². The van der Waals surface area contributed by atoms with Crippen molar-refractivity contribution in [2.24, 2.45) is 0 Å². The molecule has 2 heterocycles. The summed E-state index contributed by atoms with van der Waals surface area (Å²) in [5.74, 6) is 0. The van der Waals surface area contributed by atoms with E-state index in [4.69, 9.17) is 0 Å². The average molecular weight is 745 g/mol. The molecule has 0 saturated carbocycles. The monoisotopic (exact) mass is 742 g/mol. The molecule has 0 N–H and O–H groups in total. The molecule has 5 heteroatoms. The molecule has 0 spiro atoms. The van der Waals surface area contributed by atoms with Crippen molar-refractivity contribution in [3.63, 3.8) is 0 Å². The van der Waals surface area contributed by atoms with Gasteiger partial charge < -0.3 is 24.8 Å². The van der Waals surface area contributed by atoms with Crippen LogP contribution in [0.4, 0.5) is 0 Å². The molecule has 2 saturated heterocycles. The zero-order valence-corrected chi connectivity index (χ0v) is 32.9. The molecule has 0 aromatic heterocycles. The summed E-state index contributed by atoms with van der Waals surface area (Å²) in [5.41, 5.74) is 13.7. The Kier molecular flexibility index (Phi) is 12.8. The molecule has 0 bridgehead atoms. The third kappa shape index (κ3) is 6.48. The van der Waals surface area contributed by atoms with Crippen molar-refractivity contribution >= 4 is 16.1 Å². The molecule has 0 nitrogen and oxygen atoms in total. The molecule has 232 valence electrons. The maximum absolute atomic E-state index is 3.63. The molecule has 0 radical (unpaired) electrons. The van der Waals surface area contributed by atoms with Gasteiger partial charge in [-0.1, -0.05) is 148 Å². The Hall–Kier alpha value is -1.22. The van der Waals surface area contributed by atoms with Crippen molar-refractivity contribution in [3.05, 3.63) is 119 Å². The third-order valence-corrected chi connectivity index (χ3v) is 23.2.